The molecular weight excluding hydrogens is 416 g/mol. The molecule has 1 aromatic carbocycles. The SMILES string of the molecule is CN(C)c1ccc(-c2cnc3c(c2)c(N2CCOCC2)cn3COCC[Si](C)(C)C)cc1. The van der Waals surface area contributed by atoms with Crippen LogP contribution in [0, 0.1) is 0 Å². The molecule has 0 atom stereocenters. The second kappa shape index (κ2) is 9.64. The van der Waals surface area contributed by atoms with Crippen molar-refractivity contribution in [3.05, 3.63) is 42.7 Å². The number of nitrogens with zero attached hydrogens (tertiary/aromatic N) is 4. The second-order valence-corrected chi connectivity index (χ2v) is 15.6. The van der Waals surface area contributed by atoms with Gasteiger partial charge in [-0.05, 0) is 29.8 Å². The number of hydrogen-bond acceptors (Lipinski definition) is 5. The fourth-order valence-corrected chi connectivity index (χ4v) is 4.72. The van der Waals surface area contributed by atoms with Crippen LogP contribution in [0.5, 0.6) is 0 Å². The highest BCUT2D eigenvalue weighted by atomic mass is 28.3. The smallest absolute Gasteiger partial charge is 0.143 e. The molecule has 1 fully saturated rings. The minimum atomic E-state index is -1.10. The molecule has 3 aromatic rings. The number of ether oxygens (including phenoxy) is 2. The second-order valence-electron chi connectivity index (χ2n) is 9.97. The van der Waals surface area contributed by atoms with Gasteiger partial charge in [-0.1, -0.05) is 31.8 Å². The van der Waals surface area contributed by atoms with Crippen molar-refractivity contribution in [2.45, 2.75) is 32.4 Å². The quantitative estimate of drug-likeness (QED) is 0.359. The molecule has 6 nitrogen and oxygen atoms in total. The minimum absolute atomic E-state index is 0.537. The largest absolute Gasteiger partial charge is 0.378 e. The number of fused-ring (bicyclic) bond motifs is 1. The Morgan fingerprint density at radius 2 is 1.78 bits per heavy atom. The number of rotatable bonds is 8. The fraction of sp³-hybridized carbons (Fsp3) is 0.480. The summed E-state index contributed by atoms with van der Waals surface area (Å²) in [5.74, 6) is 0. The van der Waals surface area contributed by atoms with E-state index < -0.39 is 8.07 Å². The standard InChI is InChI=1S/C25H36N4O2Si/c1-27(2)22-8-6-20(7-9-22)21-16-23-24(28-10-12-30-13-11-28)18-29(25(23)26-17-21)19-31-14-15-32(3,4)5/h6-9,16-18H,10-15,19H2,1-5H3. The number of benzene rings is 1. The molecule has 0 aliphatic carbocycles. The van der Waals surface area contributed by atoms with Crippen molar-refractivity contribution in [3.63, 3.8) is 0 Å². The molecule has 0 unspecified atom stereocenters. The van der Waals surface area contributed by atoms with Crippen LogP contribution in [0.4, 0.5) is 11.4 Å². The van der Waals surface area contributed by atoms with E-state index in [2.05, 4.69) is 84.6 Å². The summed E-state index contributed by atoms with van der Waals surface area (Å²) in [6.07, 6.45) is 4.19. The number of aromatic nitrogens is 2. The van der Waals surface area contributed by atoms with Crippen LogP contribution in [0.3, 0.4) is 0 Å². The Balaban J connectivity index is 1.64. The van der Waals surface area contributed by atoms with Crippen LogP contribution < -0.4 is 9.80 Å². The van der Waals surface area contributed by atoms with Gasteiger partial charge >= 0.3 is 0 Å². The van der Waals surface area contributed by atoms with Gasteiger partial charge in [-0.25, -0.2) is 4.98 Å². The summed E-state index contributed by atoms with van der Waals surface area (Å²) in [7, 11) is 3.02. The first kappa shape index (κ1) is 22.8. The summed E-state index contributed by atoms with van der Waals surface area (Å²) < 4.78 is 13.8. The number of pyridine rings is 1. The Kier molecular flexibility index (Phi) is 6.88. The van der Waals surface area contributed by atoms with Crippen molar-refractivity contribution in [2.75, 3.05) is 56.8 Å². The Labute approximate surface area is 192 Å². The molecule has 4 rings (SSSR count). The zero-order chi connectivity index (χ0) is 22.7. The molecule has 172 valence electrons. The Bertz CT molecular complexity index is 1030. The molecular formula is C25H36N4O2Si. The van der Waals surface area contributed by atoms with Gasteiger partial charge in [0.1, 0.15) is 12.4 Å². The van der Waals surface area contributed by atoms with Gasteiger partial charge in [0.15, 0.2) is 0 Å². The molecule has 3 heterocycles. The van der Waals surface area contributed by atoms with Crippen LogP contribution in [0.1, 0.15) is 0 Å². The lowest BCUT2D eigenvalue weighted by Crippen LogP contribution is -2.36. The predicted octanol–water partition coefficient (Wildman–Crippen LogP) is 4.92. The Hall–Kier alpha value is -2.35. The van der Waals surface area contributed by atoms with Crippen molar-refractivity contribution in [3.8, 4) is 11.1 Å². The van der Waals surface area contributed by atoms with Crippen LogP contribution in [0.15, 0.2) is 42.7 Å². The van der Waals surface area contributed by atoms with Gasteiger partial charge in [0.2, 0.25) is 0 Å². The Morgan fingerprint density at radius 3 is 2.44 bits per heavy atom. The monoisotopic (exact) mass is 452 g/mol. The third-order valence-corrected chi connectivity index (χ3v) is 7.69. The third kappa shape index (κ3) is 5.34. The van der Waals surface area contributed by atoms with Crippen molar-refractivity contribution < 1.29 is 9.47 Å². The van der Waals surface area contributed by atoms with E-state index in [4.69, 9.17) is 14.5 Å². The normalized spacial score (nSPS) is 14.8. The summed E-state index contributed by atoms with van der Waals surface area (Å²) in [5, 5.41) is 1.18. The van der Waals surface area contributed by atoms with Crippen LogP contribution >= 0.6 is 0 Å². The Morgan fingerprint density at radius 1 is 1.06 bits per heavy atom. The average molecular weight is 453 g/mol. The topological polar surface area (TPSA) is 42.8 Å². The van der Waals surface area contributed by atoms with Crippen LogP contribution in [0.25, 0.3) is 22.2 Å². The summed E-state index contributed by atoms with van der Waals surface area (Å²) in [4.78, 5) is 9.40. The van der Waals surface area contributed by atoms with Gasteiger partial charge in [-0.2, -0.15) is 0 Å². The van der Waals surface area contributed by atoms with E-state index in [1.54, 1.807) is 0 Å². The zero-order valence-electron chi connectivity index (χ0n) is 20.1. The zero-order valence-corrected chi connectivity index (χ0v) is 21.1. The lowest BCUT2D eigenvalue weighted by atomic mass is 10.1. The van der Waals surface area contributed by atoms with Gasteiger partial charge < -0.3 is 23.8 Å². The highest BCUT2D eigenvalue weighted by Gasteiger charge is 2.19. The summed E-state index contributed by atoms with van der Waals surface area (Å²) in [5.41, 5.74) is 5.70. The first-order valence-corrected chi connectivity index (χ1v) is 15.2. The maximum atomic E-state index is 6.06. The minimum Gasteiger partial charge on any atom is -0.378 e. The lowest BCUT2D eigenvalue weighted by molar-refractivity contribution is 0.0898. The van der Waals surface area contributed by atoms with Crippen molar-refractivity contribution >= 4 is 30.5 Å². The highest BCUT2D eigenvalue weighted by molar-refractivity contribution is 6.76. The third-order valence-electron chi connectivity index (χ3n) is 5.99. The summed E-state index contributed by atoms with van der Waals surface area (Å²) >= 11 is 0. The maximum absolute atomic E-state index is 6.06. The van der Waals surface area contributed by atoms with Crippen molar-refractivity contribution in [1.29, 1.82) is 0 Å². The molecule has 0 radical (unpaired) electrons. The molecule has 0 N–H and O–H groups in total. The molecule has 2 aromatic heterocycles. The molecule has 1 aliphatic rings. The molecule has 0 amide bonds. The number of hydrogen-bond donors (Lipinski definition) is 0. The maximum Gasteiger partial charge on any atom is 0.143 e. The fourth-order valence-electron chi connectivity index (χ4n) is 3.96. The highest BCUT2D eigenvalue weighted by Crippen LogP contribution is 2.33. The van der Waals surface area contributed by atoms with E-state index in [9.17, 15) is 0 Å². The average Bonchev–Trinajstić information content (AvgIpc) is 3.14. The van der Waals surface area contributed by atoms with Crippen LogP contribution in [-0.2, 0) is 16.2 Å². The van der Waals surface area contributed by atoms with E-state index in [1.807, 2.05) is 6.20 Å². The van der Waals surface area contributed by atoms with Crippen molar-refractivity contribution in [2.24, 2.45) is 0 Å². The van der Waals surface area contributed by atoms with E-state index in [0.717, 1.165) is 44.1 Å². The van der Waals surface area contributed by atoms with Crippen LogP contribution in [0.2, 0.25) is 25.7 Å². The lowest BCUT2D eigenvalue weighted by Gasteiger charge is -2.28. The first-order chi connectivity index (χ1) is 15.3. The first-order valence-electron chi connectivity index (χ1n) is 11.5. The molecule has 0 bridgehead atoms. The van der Waals surface area contributed by atoms with Gasteiger partial charge in [-0.15, -0.1) is 0 Å². The van der Waals surface area contributed by atoms with E-state index in [-0.39, 0.29) is 0 Å². The van der Waals surface area contributed by atoms with Gasteiger partial charge in [-0.3, -0.25) is 0 Å². The predicted molar refractivity (Wildman–Crippen MR) is 137 cm³/mol. The molecule has 0 saturated carbocycles. The van der Waals surface area contributed by atoms with E-state index >= 15 is 0 Å². The van der Waals surface area contributed by atoms with Crippen LogP contribution in [-0.4, -0.2) is 64.6 Å². The molecule has 0 spiro atoms. The van der Waals surface area contributed by atoms with E-state index in [0.29, 0.717) is 6.73 Å². The number of anilines is 2. The van der Waals surface area contributed by atoms with E-state index in [1.165, 1.54) is 28.4 Å². The molecule has 32 heavy (non-hydrogen) atoms. The number of morpholine rings is 1. The van der Waals surface area contributed by atoms with Crippen molar-refractivity contribution in [1.82, 2.24) is 9.55 Å². The van der Waals surface area contributed by atoms with Gasteiger partial charge in [0.05, 0.1) is 18.9 Å². The van der Waals surface area contributed by atoms with Gasteiger partial charge in [0, 0.05) is 70.9 Å². The van der Waals surface area contributed by atoms with Gasteiger partial charge in [0.25, 0.3) is 0 Å². The molecule has 1 saturated heterocycles. The molecule has 7 heteroatoms. The summed E-state index contributed by atoms with van der Waals surface area (Å²) in [6.45, 7) is 11.8. The molecule has 1 aliphatic heterocycles. The summed E-state index contributed by atoms with van der Waals surface area (Å²) in [6, 6.07) is 12.1.